The first-order valence-corrected chi connectivity index (χ1v) is 14.1. The number of nitrogens with two attached hydrogens (primary N) is 1. The molecule has 9 nitrogen and oxygen atoms in total. The summed E-state index contributed by atoms with van der Waals surface area (Å²) in [4.78, 5) is 46.9. The van der Waals surface area contributed by atoms with E-state index in [1.54, 1.807) is 25.3 Å². The van der Waals surface area contributed by atoms with Gasteiger partial charge in [-0.25, -0.2) is 4.98 Å². The maximum atomic E-state index is 13.2. The predicted molar refractivity (Wildman–Crippen MR) is 151 cm³/mol. The number of aromatic nitrogens is 1. The first kappa shape index (κ1) is 27.1. The minimum absolute atomic E-state index is 0.0658. The monoisotopic (exact) mass is 532 g/mol. The highest BCUT2D eigenvalue weighted by atomic mass is 16.2. The van der Waals surface area contributed by atoms with Crippen LogP contribution in [0.15, 0.2) is 30.5 Å². The molecule has 3 unspecified atom stereocenters. The van der Waals surface area contributed by atoms with Crippen molar-refractivity contribution in [3.8, 4) is 0 Å². The predicted octanol–water partition coefficient (Wildman–Crippen LogP) is 2.80. The molecule has 3 fully saturated rings. The molecule has 9 heteroatoms. The van der Waals surface area contributed by atoms with E-state index in [2.05, 4.69) is 27.5 Å². The summed E-state index contributed by atoms with van der Waals surface area (Å²) in [5.41, 5.74) is 8.53. The Bertz CT molecular complexity index is 1250. The van der Waals surface area contributed by atoms with Crippen LogP contribution in [-0.4, -0.2) is 72.4 Å². The van der Waals surface area contributed by atoms with Gasteiger partial charge in [-0.1, -0.05) is 0 Å². The number of nitrogens with one attached hydrogen (secondary N) is 2. The van der Waals surface area contributed by atoms with E-state index in [0.29, 0.717) is 34.2 Å². The molecule has 1 aromatic carbocycles. The van der Waals surface area contributed by atoms with Gasteiger partial charge < -0.3 is 26.2 Å². The van der Waals surface area contributed by atoms with Crippen molar-refractivity contribution >= 4 is 23.5 Å². The van der Waals surface area contributed by atoms with E-state index in [9.17, 15) is 14.4 Å². The Labute approximate surface area is 230 Å². The third-order valence-electron chi connectivity index (χ3n) is 8.71. The van der Waals surface area contributed by atoms with Crippen LogP contribution in [0.3, 0.4) is 0 Å². The van der Waals surface area contributed by atoms with E-state index in [1.807, 2.05) is 19.1 Å². The van der Waals surface area contributed by atoms with Gasteiger partial charge in [-0.05, 0) is 107 Å². The van der Waals surface area contributed by atoms with Crippen LogP contribution < -0.4 is 21.3 Å². The van der Waals surface area contributed by atoms with E-state index in [4.69, 9.17) is 10.7 Å². The topological polar surface area (TPSA) is 121 Å². The molecule has 39 heavy (non-hydrogen) atoms. The van der Waals surface area contributed by atoms with Crippen LogP contribution in [0, 0.1) is 19.8 Å². The molecular formula is C30H40N6O3. The number of likely N-dealkylation sites (tertiary alicyclic amines) is 1. The average Bonchev–Trinajstić information content (AvgIpc) is 3.32. The van der Waals surface area contributed by atoms with Crippen molar-refractivity contribution in [1.29, 1.82) is 0 Å². The fourth-order valence-corrected chi connectivity index (χ4v) is 6.72. The fourth-order valence-electron chi connectivity index (χ4n) is 6.72. The van der Waals surface area contributed by atoms with E-state index in [1.165, 1.54) is 0 Å². The van der Waals surface area contributed by atoms with Gasteiger partial charge in [0.2, 0.25) is 5.91 Å². The Balaban J connectivity index is 1.22. The lowest BCUT2D eigenvalue weighted by Gasteiger charge is -2.38. The zero-order valence-corrected chi connectivity index (χ0v) is 23.2. The van der Waals surface area contributed by atoms with Crippen molar-refractivity contribution in [3.05, 3.63) is 58.3 Å². The van der Waals surface area contributed by atoms with Gasteiger partial charge >= 0.3 is 0 Å². The molecule has 1 saturated carbocycles. The molecule has 4 N–H and O–H groups in total. The van der Waals surface area contributed by atoms with E-state index in [0.717, 1.165) is 69.5 Å². The Kier molecular flexibility index (Phi) is 7.88. The van der Waals surface area contributed by atoms with Crippen LogP contribution in [0.1, 0.15) is 80.7 Å². The standard InChI is InChI=1S/C30H40N6O3/c1-18-13-25(19(2)12-24(18)28(31)37)30(39)34-23-14-20-6-4-11-36(26(20)15-23)27-9-8-21(16-32-27)29(38)33-22-7-5-10-35(3)17-22/h8-9,12-13,16,20,22-23,26H,4-7,10-11,14-15,17H2,1-3H3,(H2,31,37)(H,33,38)(H,34,39)/t20?,22-,23?,26?/m1/s1. The molecule has 0 bridgehead atoms. The number of carbonyl (C=O) groups is 3. The Morgan fingerprint density at radius 2 is 1.64 bits per heavy atom. The summed E-state index contributed by atoms with van der Waals surface area (Å²) in [6.45, 7) is 6.51. The van der Waals surface area contributed by atoms with Crippen molar-refractivity contribution in [2.45, 2.75) is 70.5 Å². The second-order valence-electron chi connectivity index (χ2n) is 11.6. The zero-order chi connectivity index (χ0) is 27.7. The van der Waals surface area contributed by atoms with E-state index < -0.39 is 5.91 Å². The highest BCUT2D eigenvalue weighted by molar-refractivity contribution is 5.99. The number of piperidine rings is 2. The summed E-state index contributed by atoms with van der Waals surface area (Å²) < 4.78 is 0. The van der Waals surface area contributed by atoms with Gasteiger partial charge in [-0.2, -0.15) is 0 Å². The molecule has 3 aliphatic rings. The summed E-state index contributed by atoms with van der Waals surface area (Å²) in [6, 6.07) is 7.85. The molecule has 3 heterocycles. The SMILES string of the molecule is Cc1cc(C(=O)NC2CC3CCCN(c4ccc(C(=O)N[C@@H]5CCCN(C)C5)cn4)C3C2)c(C)cc1C(N)=O. The molecule has 0 spiro atoms. The molecule has 1 aliphatic carbocycles. The molecule has 2 aromatic rings. The number of amides is 3. The van der Waals surface area contributed by atoms with Gasteiger partial charge in [-0.15, -0.1) is 0 Å². The van der Waals surface area contributed by atoms with Gasteiger partial charge in [-0.3, -0.25) is 14.4 Å². The number of benzene rings is 1. The third-order valence-corrected chi connectivity index (χ3v) is 8.71. The number of nitrogens with zero attached hydrogens (tertiary/aromatic N) is 3. The molecule has 0 radical (unpaired) electrons. The summed E-state index contributed by atoms with van der Waals surface area (Å²) >= 11 is 0. The lowest BCUT2D eigenvalue weighted by atomic mass is 9.92. The smallest absolute Gasteiger partial charge is 0.253 e. The maximum absolute atomic E-state index is 13.2. The van der Waals surface area contributed by atoms with Crippen LogP contribution in [-0.2, 0) is 0 Å². The number of hydrogen-bond acceptors (Lipinski definition) is 6. The normalized spacial score (nSPS) is 25.2. The number of aryl methyl sites for hydroxylation is 2. The van der Waals surface area contributed by atoms with Crippen molar-refractivity contribution in [3.63, 3.8) is 0 Å². The lowest BCUT2D eigenvalue weighted by molar-refractivity contribution is 0.0909. The summed E-state index contributed by atoms with van der Waals surface area (Å²) in [7, 11) is 2.09. The first-order valence-electron chi connectivity index (χ1n) is 14.1. The van der Waals surface area contributed by atoms with Crippen molar-refractivity contribution in [2.24, 2.45) is 11.7 Å². The number of rotatable bonds is 6. The van der Waals surface area contributed by atoms with E-state index >= 15 is 0 Å². The summed E-state index contributed by atoms with van der Waals surface area (Å²) in [5.74, 6) is 0.710. The molecule has 5 rings (SSSR count). The van der Waals surface area contributed by atoms with Crippen molar-refractivity contribution in [1.82, 2.24) is 20.5 Å². The molecule has 208 valence electrons. The minimum atomic E-state index is -0.484. The molecule has 3 amide bonds. The molecule has 2 aliphatic heterocycles. The van der Waals surface area contributed by atoms with Gasteiger partial charge in [0.1, 0.15) is 5.82 Å². The minimum Gasteiger partial charge on any atom is -0.366 e. The van der Waals surface area contributed by atoms with Crippen LogP contribution in [0.4, 0.5) is 5.82 Å². The maximum Gasteiger partial charge on any atom is 0.253 e. The number of fused-ring (bicyclic) bond motifs is 1. The largest absolute Gasteiger partial charge is 0.366 e. The summed E-state index contributed by atoms with van der Waals surface area (Å²) in [6.07, 6.45) is 7.79. The zero-order valence-electron chi connectivity index (χ0n) is 23.2. The Morgan fingerprint density at radius 3 is 2.36 bits per heavy atom. The molecule has 1 aromatic heterocycles. The first-order chi connectivity index (χ1) is 18.7. The van der Waals surface area contributed by atoms with Gasteiger partial charge in [0, 0.05) is 48.5 Å². The van der Waals surface area contributed by atoms with Gasteiger partial charge in [0.15, 0.2) is 0 Å². The quantitative estimate of drug-likeness (QED) is 0.526. The van der Waals surface area contributed by atoms with Crippen molar-refractivity contribution < 1.29 is 14.4 Å². The highest BCUT2D eigenvalue weighted by Crippen LogP contribution is 2.39. The number of hydrogen-bond donors (Lipinski definition) is 3. The van der Waals surface area contributed by atoms with E-state index in [-0.39, 0.29) is 23.9 Å². The second-order valence-corrected chi connectivity index (χ2v) is 11.6. The summed E-state index contributed by atoms with van der Waals surface area (Å²) in [5, 5.41) is 6.41. The van der Waals surface area contributed by atoms with Gasteiger partial charge in [0.25, 0.3) is 11.8 Å². The highest BCUT2D eigenvalue weighted by Gasteiger charge is 2.41. The number of carbonyl (C=O) groups excluding carboxylic acids is 3. The average molecular weight is 533 g/mol. The number of anilines is 1. The Morgan fingerprint density at radius 1 is 0.923 bits per heavy atom. The second kappa shape index (κ2) is 11.3. The number of pyridine rings is 1. The van der Waals surface area contributed by atoms with Crippen LogP contribution >= 0.6 is 0 Å². The number of likely N-dealkylation sites (N-methyl/N-ethyl adjacent to an activating group) is 1. The lowest BCUT2D eigenvalue weighted by Crippen LogP contribution is -2.46. The molecular weight excluding hydrogens is 492 g/mol. The van der Waals surface area contributed by atoms with Crippen LogP contribution in [0.5, 0.6) is 0 Å². The van der Waals surface area contributed by atoms with Crippen molar-refractivity contribution in [2.75, 3.05) is 31.6 Å². The third kappa shape index (κ3) is 5.93. The fraction of sp³-hybridized carbons (Fsp3) is 0.533. The molecule has 2 saturated heterocycles. The van der Waals surface area contributed by atoms with Gasteiger partial charge in [0.05, 0.1) is 5.56 Å². The van der Waals surface area contributed by atoms with Crippen LogP contribution in [0.25, 0.3) is 0 Å². The molecule has 4 atom stereocenters. The van der Waals surface area contributed by atoms with Crippen LogP contribution in [0.2, 0.25) is 0 Å². The Hall–Kier alpha value is -3.46. The number of primary amides is 1.